The topological polar surface area (TPSA) is 82.3 Å². The molecule has 2 amide bonds. The third-order valence-corrected chi connectivity index (χ3v) is 4.50. The Morgan fingerprint density at radius 1 is 1.23 bits per heavy atom. The van der Waals surface area contributed by atoms with Crippen LogP contribution in [0.25, 0.3) is 0 Å². The second-order valence-corrected chi connectivity index (χ2v) is 6.39. The molecule has 0 radical (unpaired) electrons. The number of aromatic nitrogens is 1. The van der Waals surface area contributed by atoms with Crippen LogP contribution in [0.5, 0.6) is 0 Å². The number of carbonyl (C=O) groups is 2. The predicted molar refractivity (Wildman–Crippen MR) is 95.1 cm³/mol. The Morgan fingerprint density at radius 3 is 2.73 bits per heavy atom. The highest BCUT2D eigenvalue weighted by atomic mass is 19.1. The van der Waals surface area contributed by atoms with Gasteiger partial charge in [0.2, 0.25) is 17.2 Å². The largest absolute Gasteiger partial charge is 0.366 e. The summed E-state index contributed by atoms with van der Waals surface area (Å²) in [5.74, 6) is -1.06. The number of nitrogens with zero attached hydrogens (tertiary/aromatic N) is 1. The number of H-pyrrole nitrogens is 1. The van der Waals surface area contributed by atoms with Gasteiger partial charge >= 0.3 is 0 Å². The van der Waals surface area contributed by atoms with Crippen molar-refractivity contribution in [1.29, 1.82) is 0 Å². The van der Waals surface area contributed by atoms with Gasteiger partial charge in [-0.1, -0.05) is 12.1 Å². The van der Waals surface area contributed by atoms with Crippen molar-refractivity contribution in [2.24, 2.45) is 5.92 Å². The molecule has 2 N–H and O–H groups in total. The van der Waals surface area contributed by atoms with Gasteiger partial charge in [-0.05, 0) is 30.5 Å². The monoisotopic (exact) mass is 357 g/mol. The number of pyridine rings is 1. The number of rotatable bonds is 4. The number of carbonyl (C=O) groups excluding carboxylic acids is 2. The fraction of sp³-hybridized carbons (Fsp3) is 0.316. The number of nitrogens with one attached hydrogen (secondary N) is 2. The molecule has 26 heavy (non-hydrogen) atoms. The minimum absolute atomic E-state index is 0.0910. The fourth-order valence-corrected chi connectivity index (χ4v) is 3.05. The maximum Gasteiger partial charge on any atom is 0.229 e. The first-order valence-corrected chi connectivity index (χ1v) is 8.53. The molecule has 0 bridgehead atoms. The van der Waals surface area contributed by atoms with E-state index in [0.29, 0.717) is 19.5 Å². The van der Waals surface area contributed by atoms with Crippen LogP contribution in [0.15, 0.2) is 47.5 Å². The molecule has 1 fully saturated rings. The van der Waals surface area contributed by atoms with Crippen molar-refractivity contribution in [2.75, 3.05) is 18.4 Å². The van der Waals surface area contributed by atoms with Crippen molar-refractivity contribution < 1.29 is 14.0 Å². The quantitative estimate of drug-likeness (QED) is 0.877. The normalized spacial score (nSPS) is 17.0. The number of amides is 2. The third-order valence-electron chi connectivity index (χ3n) is 4.50. The molecule has 0 unspecified atom stereocenters. The summed E-state index contributed by atoms with van der Waals surface area (Å²) in [4.78, 5) is 41.1. The van der Waals surface area contributed by atoms with Gasteiger partial charge in [-0.2, -0.15) is 0 Å². The molecule has 2 aromatic rings. The van der Waals surface area contributed by atoms with Crippen LogP contribution in [-0.2, 0) is 16.0 Å². The molecular weight excluding hydrogens is 337 g/mol. The van der Waals surface area contributed by atoms with Crippen molar-refractivity contribution in [2.45, 2.75) is 19.3 Å². The van der Waals surface area contributed by atoms with E-state index in [4.69, 9.17) is 0 Å². The Morgan fingerprint density at radius 2 is 2.00 bits per heavy atom. The molecule has 0 saturated carbocycles. The number of likely N-dealkylation sites (tertiary alicyclic amines) is 1. The number of benzene rings is 1. The molecular formula is C19H20FN3O3. The van der Waals surface area contributed by atoms with Gasteiger partial charge in [-0.25, -0.2) is 4.39 Å². The van der Waals surface area contributed by atoms with Gasteiger partial charge in [-0.15, -0.1) is 0 Å². The SMILES string of the molecule is O=C(Nc1c[nH]ccc1=O)[C@@H]1CCCN(C(=O)Cc2ccc(F)cc2)C1. The van der Waals surface area contributed by atoms with E-state index < -0.39 is 0 Å². The van der Waals surface area contributed by atoms with Gasteiger partial charge in [0.25, 0.3) is 0 Å². The molecule has 1 saturated heterocycles. The maximum absolute atomic E-state index is 13.0. The van der Waals surface area contributed by atoms with Crippen LogP contribution < -0.4 is 10.7 Å². The van der Waals surface area contributed by atoms with Crippen molar-refractivity contribution >= 4 is 17.5 Å². The number of halogens is 1. The summed E-state index contributed by atoms with van der Waals surface area (Å²) < 4.78 is 13.0. The van der Waals surface area contributed by atoms with Gasteiger partial charge in [0.1, 0.15) is 11.5 Å². The van der Waals surface area contributed by atoms with E-state index in [-0.39, 0.29) is 41.1 Å². The van der Waals surface area contributed by atoms with Crippen molar-refractivity contribution in [3.05, 3.63) is 64.3 Å². The van der Waals surface area contributed by atoms with Crippen LogP contribution in [0.3, 0.4) is 0 Å². The van der Waals surface area contributed by atoms with Crippen molar-refractivity contribution in [1.82, 2.24) is 9.88 Å². The summed E-state index contributed by atoms with van der Waals surface area (Å²) >= 11 is 0. The van der Waals surface area contributed by atoms with Crippen LogP contribution in [0.1, 0.15) is 18.4 Å². The Bertz CT molecular complexity index is 848. The number of hydrogen-bond donors (Lipinski definition) is 2. The third kappa shape index (κ3) is 4.36. The molecule has 1 aromatic carbocycles. The van der Waals surface area contributed by atoms with E-state index in [9.17, 15) is 18.8 Å². The number of aromatic amines is 1. The van der Waals surface area contributed by atoms with Gasteiger partial charge in [-0.3, -0.25) is 14.4 Å². The van der Waals surface area contributed by atoms with E-state index in [0.717, 1.165) is 12.0 Å². The summed E-state index contributed by atoms with van der Waals surface area (Å²) in [6.45, 7) is 0.909. The Balaban J connectivity index is 1.60. The molecule has 1 aliphatic heterocycles. The zero-order valence-electron chi connectivity index (χ0n) is 14.2. The summed E-state index contributed by atoms with van der Waals surface area (Å²) in [5.41, 5.74) is 0.670. The standard InChI is InChI=1S/C19H20FN3O3/c20-15-5-3-13(4-6-15)10-18(25)23-9-1-2-14(12-23)19(26)22-16-11-21-8-7-17(16)24/h3-8,11,14H,1-2,9-10,12H2,(H,21,24)(H,22,26)/t14-/m1/s1. The molecule has 3 rings (SSSR count). The summed E-state index contributed by atoms with van der Waals surface area (Å²) in [6.07, 6.45) is 4.50. The maximum atomic E-state index is 13.0. The zero-order valence-corrected chi connectivity index (χ0v) is 14.2. The molecule has 1 aromatic heterocycles. The Labute approximate surface area is 150 Å². The van der Waals surface area contributed by atoms with Crippen LogP contribution in [0.4, 0.5) is 10.1 Å². The lowest BCUT2D eigenvalue weighted by Crippen LogP contribution is -2.44. The first-order valence-electron chi connectivity index (χ1n) is 8.53. The van der Waals surface area contributed by atoms with Gasteiger partial charge in [0, 0.05) is 31.5 Å². The summed E-state index contributed by atoms with van der Waals surface area (Å²) in [5, 5.41) is 2.63. The lowest BCUT2D eigenvalue weighted by molar-refractivity contribution is -0.133. The van der Waals surface area contributed by atoms with Crippen LogP contribution in [0.2, 0.25) is 0 Å². The average molecular weight is 357 g/mol. The fourth-order valence-electron chi connectivity index (χ4n) is 3.05. The molecule has 0 aliphatic carbocycles. The van der Waals surface area contributed by atoms with E-state index in [1.54, 1.807) is 17.0 Å². The second kappa shape index (κ2) is 7.95. The van der Waals surface area contributed by atoms with E-state index >= 15 is 0 Å². The minimum Gasteiger partial charge on any atom is -0.366 e. The molecule has 7 heteroatoms. The Hall–Kier alpha value is -2.96. The second-order valence-electron chi connectivity index (χ2n) is 6.39. The highest BCUT2D eigenvalue weighted by Crippen LogP contribution is 2.19. The molecule has 2 heterocycles. The molecule has 136 valence electrons. The van der Waals surface area contributed by atoms with Gasteiger partial charge in [0.05, 0.1) is 12.3 Å². The van der Waals surface area contributed by atoms with Gasteiger partial charge < -0.3 is 15.2 Å². The van der Waals surface area contributed by atoms with Crippen LogP contribution in [0, 0.1) is 11.7 Å². The average Bonchev–Trinajstić information content (AvgIpc) is 2.65. The van der Waals surface area contributed by atoms with E-state index in [1.807, 2.05) is 0 Å². The van der Waals surface area contributed by atoms with Gasteiger partial charge in [0.15, 0.2) is 0 Å². The molecule has 6 nitrogen and oxygen atoms in total. The smallest absolute Gasteiger partial charge is 0.229 e. The van der Waals surface area contributed by atoms with Crippen LogP contribution >= 0.6 is 0 Å². The first kappa shape index (κ1) is 17.8. The van der Waals surface area contributed by atoms with E-state index in [1.165, 1.54) is 30.6 Å². The lowest BCUT2D eigenvalue weighted by atomic mass is 9.96. The number of anilines is 1. The van der Waals surface area contributed by atoms with Crippen molar-refractivity contribution in [3.63, 3.8) is 0 Å². The number of hydrogen-bond acceptors (Lipinski definition) is 3. The minimum atomic E-state index is -0.361. The van der Waals surface area contributed by atoms with Crippen LogP contribution in [-0.4, -0.2) is 34.8 Å². The van der Waals surface area contributed by atoms with E-state index in [2.05, 4.69) is 10.3 Å². The zero-order chi connectivity index (χ0) is 18.5. The predicted octanol–water partition coefficient (Wildman–Crippen LogP) is 1.93. The Kier molecular flexibility index (Phi) is 5.46. The molecule has 1 aliphatic rings. The molecule has 1 atom stereocenters. The lowest BCUT2D eigenvalue weighted by Gasteiger charge is -2.32. The highest BCUT2D eigenvalue weighted by molar-refractivity contribution is 5.93. The summed E-state index contributed by atoms with van der Waals surface area (Å²) in [6, 6.07) is 7.17. The first-order chi connectivity index (χ1) is 12.5. The van der Waals surface area contributed by atoms with Crippen molar-refractivity contribution in [3.8, 4) is 0 Å². The number of piperidine rings is 1. The summed E-state index contributed by atoms with van der Waals surface area (Å²) in [7, 11) is 0. The molecule has 0 spiro atoms. The highest BCUT2D eigenvalue weighted by Gasteiger charge is 2.28.